The fraction of sp³-hybridized carbons (Fsp3) is 0.400. The number of rotatable bonds is 1. The molecule has 0 saturated carbocycles. The molecule has 1 aliphatic heterocycles. The summed E-state index contributed by atoms with van der Waals surface area (Å²) in [6.45, 7) is 2.14. The van der Waals surface area contributed by atoms with Crippen molar-refractivity contribution in [3.8, 4) is 0 Å². The molecule has 0 N–H and O–H groups in total. The maximum Gasteiger partial charge on any atom is 0.0745 e. The monoisotopic (exact) mass is 341 g/mol. The van der Waals surface area contributed by atoms with Crippen LogP contribution in [0.15, 0.2) is 12.1 Å². The van der Waals surface area contributed by atoms with Crippen molar-refractivity contribution < 1.29 is 0 Å². The van der Waals surface area contributed by atoms with E-state index < -0.39 is 0 Å². The lowest BCUT2D eigenvalue weighted by molar-refractivity contribution is 0.949. The zero-order chi connectivity index (χ0) is 10.1. The quantitative estimate of drug-likeness (QED) is 0.692. The molecule has 1 aromatic carbocycles. The van der Waals surface area contributed by atoms with Crippen LogP contribution >= 0.6 is 45.8 Å². The van der Waals surface area contributed by atoms with Crippen molar-refractivity contribution in [2.24, 2.45) is 0 Å². The predicted molar refractivity (Wildman–Crippen MR) is 70.6 cm³/mol. The summed E-state index contributed by atoms with van der Waals surface area (Å²) in [6.07, 6.45) is 2.47. The summed E-state index contributed by atoms with van der Waals surface area (Å²) in [4.78, 5) is 2.26. The molecule has 4 heteroatoms. The molecule has 76 valence electrons. The van der Waals surface area contributed by atoms with Gasteiger partial charge < -0.3 is 4.90 Å². The maximum absolute atomic E-state index is 6.18. The molecular formula is C10H10Cl2IN. The smallest absolute Gasteiger partial charge is 0.0745 e. The minimum absolute atomic E-state index is 0.767. The first-order valence-corrected chi connectivity index (χ1v) is 6.41. The Balaban J connectivity index is 2.40. The molecule has 1 heterocycles. The lowest BCUT2D eigenvalue weighted by atomic mass is 10.3. The molecule has 0 aromatic heterocycles. The second kappa shape index (κ2) is 4.45. The molecule has 0 aliphatic carbocycles. The van der Waals surface area contributed by atoms with Gasteiger partial charge in [-0.15, -0.1) is 0 Å². The van der Waals surface area contributed by atoms with E-state index in [1.807, 2.05) is 12.1 Å². The number of halogens is 3. The van der Waals surface area contributed by atoms with Gasteiger partial charge in [-0.25, -0.2) is 0 Å². The number of benzene rings is 1. The molecule has 1 fully saturated rings. The summed E-state index contributed by atoms with van der Waals surface area (Å²) in [5, 5.41) is 1.53. The summed E-state index contributed by atoms with van der Waals surface area (Å²) in [6, 6.07) is 3.92. The van der Waals surface area contributed by atoms with Gasteiger partial charge in [0.15, 0.2) is 0 Å². The fourth-order valence-electron chi connectivity index (χ4n) is 1.78. The van der Waals surface area contributed by atoms with Crippen LogP contribution in [-0.2, 0) is 0 Å². The van der Waals surface area contributed by atoms with Crippen LogP contribution in [0.5, 0.6) is 0 Å². The van der Waals surface area contributed by atoms with E-state index in [1.54, 1.807) is 0 Å². The first kappa shape index (κ1) is 10.8. The van der Waals surface area contributed by atoms with E-state index in [2.05, 4.69) is 27.5 Å². The summed E-state index contributed by atoms with van der Waals surface area (Å²) < 4.78 is 1.08. The summed E-state index contributed by atoms with van der Waals surface area (Å²) in [5.41, 5.74) is 1.01. The van der Waals surface area contributed by atoms with E-state index in [-0.39, 0.29) is 0 Å². The zero-order valence-electron chi connectivity index (χ0n) is 7.56. The van der Waals surface area contributed by atoms with Gasteiger partial charge in [-0.3, -0.25) is 0 Å². The van der Waals surface area contributed by atoms with E-state index in [0.29, 0.717) is 0 Å². The fourth-order valence-corrected chi connectivity index (χ4v) is 3.49. The third-order valence-electron chi connectivity index (χ3n) is 2.40. The Labute approximate surface area is 108 Å². The van der Waals surface area contributed by atoms with Crippen molar-refractivity contribution in [1.82, 2.24) is 0 Å². The molecule has 1 aromatic rings. The molecule has 0 spiro atoms. The molecule has 0 bridgehead atoms. The minimum atomic E-state index is 0.767. The molecule has 0 amide bonds. The Kier molecular flexibility index (Phi) is 3.45. The van der Waals surface area contributed by atoms with Crippen LogP contribution in [0.25, 0.3) is 0 Å². The minimum Gasteiger partial charge on any atom is -0.369 e. The molecule has 0 radical (unpaired) electrons. The van der Waals surface area contributed by atoms with E-state index >= 15 is 0 Å². The molecule has 1 nitrogen and oxygen atoms in total. The molecular weight excluding hydrogens is 332 g/mol. The molecule has 1 saturated heterocycles. The van der Waals surface area contributed by atoms with Gasteiger partial charge >= 0.3 is 0 Å². The first-order chi connectivity index (χ1) is 6.68. The Hall–Kier alpha value is 0.330. The summed E-state index contributed by atoms with van der Waals surface area (Å²) in [7, 11) is 0. The van der Waals surface area contributed by atoms with Crippen LogP contribution in [0, 0.1) is 3.57 Å². The molecule has 2 rings (SSSR count). The van der Waals surface area contributed by atoms with Gasteiger partial charge in [0.1, 0.15) is 0 Å². The summed E-state index contributed by atoms with van der Waals surface area (Å²) >= 11 is 14.6. The average Bonchev–Trinajstić information content (AvgIpc) is 2.54. The second-order valence-corrected chi connectivity index (χ2v) is 5.47. The average molecular weight is 342 g/mol. The predicted octanol–water partition coefficient (Wildman–Crippen LogP) is 4.20. The van der Waals surface area contributed by atoms with Gasteiger partial charge in [0.25, 0.3) is 0 Å². The number of anilines is 1. The van der Waals surface area contributed by atoms with Crippen LogP contribution in [0.4, 0.5) is 5.69 Å². The van der Waals surface area contributed by atoms with E-state index in [4.69, 9.17) is 23.2 Å². The largest absolute Gasteiger partial charge is 0.369 e. The van der Waals surface area contributed by atoms with E-state index in [0.717, 1.165) is 32.4 Å². The van der Waals surface area contributed by atoms with Crippen molar-refractivity contribution in [3.63, 3.8) is 0 Å². The molecule has 0 atom stereocenters. The van der Waals surface area contributed by atoms with Gasteiger partial charge in [0.2, 0.25) is 0 Å². The van der Waals surface area contributed by atoms with E-state index in [9.17, 15) is 0 Å². The van der Waals surface area contributed by atoms with Gasteiger partial charge in [-0.2, -0.15) is 0 Å². The van der Waals surface area contributed by atoms with Gasteiger partial charge in [-0.1, -0.05) is 23.2 Å². The van der Waals surface area contributed by atoms with Crippen molar-refractivity contribution in [2.45, 2.75) is 12.8 Å². The molecule has 1 aliphatic rings. The molecule has 0 unspecified atom stereocenters. The van der Waals surface area contributed by atoms with Crippen molar-refractivity contribution in [3.05, 3.63) is 25.7 Å². The lowest BCUT2D eigenvalue weighted by Gasteiger charge is -2.20. The van der Waals surface area contributed by atoms with E-state index in [1.165, 1.54) is 12.8 Å². The van der Waals surface area contributed by atoms with Gasteiger partial charge in [-0.05, 0) is 47.6 Å². The van der Waals surface area contributed by atoms with Gasteiger partial charge in [0.05, 0.1) is 15.7 Å². The third-order valence-corrected chi connectivity index (χ3v) is 3.60. The number of nitrogens with zero attached hydrogens (tertiary/aromatic N) is 1. The van der Waals surface area contributed by atoms with Crippen LogP contribution in [0.2, 0.25) is 10.0 Å². The Bertz CT molecular complexity index is 325. The standard InChI is InChI=1S/C10H10Cl2IN/c11-8-5-7(13)6-9(12)10(8)14-3-1-2-4-14/h5-6H,1-4H2. The van der Waals surface area contributed by atoms with Crippen molar-refractivity contribution in [2.75, 3.05) is 18.0 Å². The second-order valence-electron chi connectivity index (χ2n) is 3.41. The normalized spacial score (nSPS) is 16.4. The van der Waals surface area contributed by atoms with Crippen LogP contribution in [0.1, 0.15) is 12.8 Å². The highest BCUT2D eigenvalue weighted by atomic mass is 127. The van der Waals surface area contributed by atoms with Crippen molar-refractivity contribution in [1.29, 1.82) is 0 Å². The lowest BCUT2D eigenvalue weighted by Crippen LogP contribution is -2.18. The van der Waals surface area contributed by atoms with Crippen LogP contribution in [-0.4, -0.2) is 13.1 Å². The zero-order valence-corrected chi connectivity index (χ0v) is 11.2. The van der Waals surface area contributed by atoms with Crippen molar-refractivity contribution >= 4 is 51.5 Å². The van der Waals surface area contributed by atoms with Crippen LogP contribution < -0.4 is 4.90 Å². The SMILES string of the molecule is Clc1cc(I)cc(Cl)c1N1CCCC1. The maximum atomic E-state index is 6.18. The highest BCUT2D eigenvalue weighted by Gasteiger charge is 2.18. The Morgan fingerprint density at radius 1 is 1.07 bits per heavy atom. The first-order valence-electron chi connectivity index (χ1n) is 4.58. The van der Waals surface area contributed by atoms with Gasteiger partial charge in [0, 0.05) is 16.7 Å². The number of hydrogen-bond donors (Lipinski definition) is 0. The Morgan fingerprint density at radius 3 is 2.07 bits per heavy atom. The third kappa shape index (κ3) is 2.12. The Morgan fingerprint density at radius 2 is 1.57 bits per heavy atom. The van der Waals surface area contributed by atoms with Crippen LogP contribution in [0.3, 0.4) is 0 Å². The number of hydrogen-bond acceptors (Lipinski definition) is 1. The highest BCUT2D eigenvalue weighted by molar-refractivity contribution is 14.1. The summed E-state index contributed by atoms with van der Waals surface area (Å²) in [5.74, 6) is 0. The molecule has 14 heavy (non-hydrogen) atoms. The highest BCUT2D eigenvalue weighted by Crippen LogP contribution is 2.36. The topological polar surface area (TPSA) is 3.24 Å².